The minimum absolute atomic E-state index is 0.118. The molecule has 0 unspecified atom stereocenters. The van der Waals surface area contributed by atoms with Gasteiger partial charge in [0.2, 0.25) is 15.4 Å². The molecule has 17 heavy (non-hydrogen) atoms. The molecular formula is C7H11N5O3S2. The van der Waals surface area contributed by atoms with E-state index in [1.54, 1.807) is 0 Å². The van der Waals surface area contributed by atoms with Gasteiger partial charge in [-0.25, -0.2) is 8.42 Å². The van der Waals surface area contributed by atoms with Gasteiger partial charge in [-0.15, -0.1) is 10.2 Å². The molecule has 0 saturated carbocycles. The van der Waals surface area contributed by atoms with Gasteiger partial charge in [0, 0.05) is 26.1 Å². The van der Waals surface area contributed by atoms with Crippen molar-refractivity contribution in [2.24, 2.45) is 5.73 Å². The molecule has 3 N–H and O–H groups in total. The fourth-order valence-corrected chi connectivity index (χ4v) is 3.93. The summed E-state index contributed by atoms with van der Waals surface area (Å²) < 4.78 is 24.9. The summed E-state index contributed by atoms with van der Waals surface area (Å²) in [6.07, 6.45) is 0. The van der Waals surface area contributed by atoms with Crippen molar-refractivity contribution in [3.05, 3.63) is 0 Å². The molecule has 1 aromatic heterocycles. The lowest BCUT2D eigenvalue weighted by Crippen LogP contribution is -2.57. The van der Waals surface area contributed by atoms with Crippen molar-refractivity contribution in [3.63, 3.8) is 0 Å². The third-order valence-electron chi connectivity index (χ3n) is 2.13. The Balaban J connectivity index is 2.17. The number of hydrogen-bond acceptors (Lipinski definition) is 7. The fraction of sp³-hybridized carbons (Fsp3) is 0.571. The predicted octanol–water partition coefficient (Wildman–Crippen LogP) is -1.17. The number of anilines is 1. The molecule has 1 aliphatic heterocycles. The molecular weight excluding hydrogens is 266 g/mol. The van der Waals surface area contributed by atoms with Crippen LogP contribution in [0.25, 0.3) is 0 Å². The first-order valence-corrected chi connectivity index (χ1v) is 7.02. The maximum absolute atomic E-state index is 11.9. The van der Waals surface area contributed by atoms with Crippen molar-refractivity contribution in [2.75, 3.05) is 18.4 Å². The molecule has 1 aromatic rings. The van der Waals surface area contributed by atoms with Crippen LogP contribution >= 0.6 is 11.3 Å². The average molecular weight is 277 g/mol. The number of carbonyl (C=O) groups excluding carboxylic acids is 1. The van der Waals surface area contributed by atoms with Gasteiger partial charge in [-0.05, 0) is 0 Å². The summed E-state index contributed by atoms with van der Waals surface area (Å²) in [6.45, 7) is 1.89. The Morgan fingerprint density at radius 3 is 2.71 bits per heavy atom. The number of rotatable bonds is 3. The summed E-state index contributed by atoms with van der Waals surface area (Å²) in [5.74, 6) is -0.323. The van der Waals surface area contributed by atoms with E-state index >= 15 is 0 Å². The van der Waals surface area contributed by atoms with Crippen molar-refractivity contribution < 1.29 is 13.2 Å². The molecule has 2 rings (SSSR count). The predicted molar refractivity (Wildman–Crippen MR) is 60.9 cm³/mol. The number of nitrogens with zero attached hydrogens (tertiary/aromatic N) is 3. The smallest absolute Gasteiger partial charge is 0.272 e. The zero-order valence-corrected chi connectivity index (χ0v) is 10.6. The van der Waals surface area contributed by atoms with Crippen LogP contribution in [0.3, 0.4) is 0 Å². The van der Waals surface area contributed by atoms with Gasteiger partial charge in [-0.2, -0.15) is 4.31 Å². The molecule has 1 saturated heterocycles. The zero-order chi connectivity index (χ0) is 12.6. The van der Waals surface area contributed by atoms with E-state index in [-0.39, 0.29) is 34.5 Å². The van der Waals surface area contributed by atoms with Crippen LogP contribution in [0.2, 0.25) is 0 Å². The first-order valence-electron chi connectivity index (χ1n) is 4.76. The number of aromatic nitrogens is 2. The number of amides is 1. The summed E-state index contributed by atoms with van der Waals surface area (Å²) in [4.78, 5) is 10.8. The highest BCUT2D eigenvalue weighted by Gasteiger charge is 2.37. The molecule has 1 aliphatic rings. The van der Waals surface area contributed by atoms with E-state index in [1.807, 2.05) is 0 Å². The lowest BCUT2D eigenvalue weighted by atomic mass is 10.2. The maximum Gasteiger partial charge on any atom is 0.272 e. The van der Waals surface area contributed by atoms with Gasteiger partial charge in [0.1, 0.15) is 0 Å². The Morgan fingerprint density at radius 1 is 1.53 bits per heavy atom. The van der Waals surface area contributed by atoms with Crippen LogP contribution in [-0.4, -0.2) is 48.0 Å². The van der Waals surface area contributed by atoms with Gasteiger partial charge in [-0.1, -0.05) is 11.3 Å². The number of nitrogens with one attached hydrogen (secondary N) is 1. The third kappa shape index (κ3) is 2.44. The average Bonchev–Trinajstić information content (AvgIpc) is 2.60. The SMILES string of the molecule is CC(=O)Nc1nnc(S(=O)(=O)N2CC(N)C2)s1. The minimum atomic E-state index is -3.60. The molecule has 0 atom stereocenters. The summed E-state index contributed by atoms with van der Waals surface area (Å²) in [6, 6.07) is -0.118. The van der Waals surface area contributed by atoms with Gasteiger partial charge in [0.25, 0.3) is 10.0 Å². The van der Waals surface area contributed by atoms with Crippen LogP contribution in [0.1, 0.15) is 6.92 Å². The lowest BCUT2D eigenvalue weighted by molar-refractivity contribution is -0.114. The molecule has 8 nitrogen and oxygen atoms in total. The first-order chi connectivity index (χ1) is 7.89. The van der Waals surface area contributed by atoms with Crippen LogP contribution in [0.4, 0.5) is 5.13 Å². The Labute approximate surface area is 102 Å². The standard InChI is InChI=1S/C7H11N5O3S2/c1-4(13)9-6-10-11-7(16-6)17(14,15)12-2-5(8)3-12/h5H,2-3,8H2,1H3,(H,9,10,13). The molecule has 0 radical (unpaired) electrons. The highest BCUT2D eigenvalue weighted by atomic mass is 32.2. The second kappa shape index (κ2) is 4.29. The number of sulfonamides is 1. The zero-order valence-electron chi connectivity index (χ0n) is 8.95. The molecule has 0 bridgehead atoms. The van der Waals surface area contributed by atoms with Crippen molar-refractivity contribution >= 4 is 32.4 Å². The van der Waals surface area contributed by atoms with Crippen LogP contribution in [0.15, 0.2) is 4.34 Å². The Bertz CT molecular complexity index is 533. The molecule has 94 valence electrons. The Morgan fingerprint density at radius 2 is 2.18 bits per heavy atom. The normalized spacial score (nSPS) is 17.8. The van der Waals surface area contributed by atoms with E-state index in [9.17, 15) is 13.2 Å². The van der Waals surface area contributed by atoms with Gasteiger partial charge < -0.3 is 11.1 Å². The minimum Gasteiger partial charge on any atom is -0.325 e. The molecule has 0 spiro atoms. The van der Waals surface area contributed by atoms with E-state index < -0.39 is 10.0 Å². The fourth-order valence-electron chi connectivity index (χ4n) is 1.29. The molecule has 10 heteroatoms. The molecule has 1 amide bonds. The van der Waals surface area contributed by atoms with E-state index in [1.165, 1.54) is 11.2 Å². The second-order valence-electron chi connectivity index (χ2n) is 3.64. The number of hydrogen-bond donors (Lipinski definition) is 2. The molecule has 0 aromatic carbocycles. The summed E-state index contributed by atoms with van der Waals surface area (Å²) >= 11 is 0.822. The van der Waals surface area contributed by atoms with E-state index in [0.29, 0.717) is 0 Å². The van der Waals surface area contributed by atoms with Crippen molar-refractivity contribution in [1.82, 2.24) is 14.5 Å². The highest BCUT2D eigenvalue weighted by Crippen LogP contribution is 2.25. The number of nitrogens with two attached hydrogens (primary N) is 1. The maximum atomic E-state index is 11.9. The van der Waals surface area contributed by atoms with Crippen LogP contribution in [0.5, 0.6) is 0 Å². The van der Waals surface area contributed by atoms with Crippen LogP contribution < -0.4 is 11.1 Å². The molecule has 1 fully saturated rings. The Hall–Kier alpha value is -1.10. The van der Waals surface area contributed by atoms with Crippen molar-refractivity contribution in [3.8, 4) is 0 Å². The Kier molecular flexibility index (Phi) is 3.12. The topological polar surface area (TPSA) is 118 Å². The van der Waals surface area contributed by atoms with Crippen molar-refractivity contribution in [2.45, 2.75) is 17.3 Å². The number of carbonyl (C=O) groups is 1. The van der Waals surface area contributed by atoms with Crippen LogP contribution in [0, 0.1) is 0 Å². The first kappa shape index (κ1) is 12.4. The molecule has 2 heterocycles. The second-order valence-corrected chi connectivity index (χ2v) is 6.73. The van der Waals surface area contributed by atoms with Gasteiger partial charge >= 0.3 is 0 Å². The summed E-state index contributed by atoms with van der Waals surface area (Å²) in [7, 11) is -3.60. The van der Waals surface area contributed by atoms with E-state index in [2.05, 4.69) is 15.5 Å². The van der Waals surface area contributed by atoms with E-state index in [4.69, 9.17) is 5.73 Å². The highest BCUT2D eigenvalue weighted by molar-refractivity contribution is 7.91. The molecule has 0 aliphatic carbocycles. The summed E-state index contributed by atoms with van der Waals surface area (Å²) in [5, 5.41) is 9.68. The third-order valence-corrected chi connectivity index (χ3v) is 5.14. The quantitative estimate of drug-likeness (QED) is 0.672. The summed E-state index contributed by atoms with van der Waals surface area (Å²) in [5.41, 5.74) is 5.52. The van der Waals surface area contributed by atoms with Gasteiger partial charge in [0.05, 0.1) is 0 Å². The van der Waals surface area contributed by atoms with Gasteiger partial charge in [-0.3, -0.25) is 4.79 Å². The van der Waals surface area contributed by atoms with Crippen molar-refractivity contribution in [1.29, 1.82) is 0 Å². The van der Waals surface area contributed by atoms with Gasteiger partial charge in [0.15, 0.2) is 0 Å². The van der Waals surface area contributed by atoms with E-state index in [0.717, 1.165) is 11.3 Å². The van der Waals surface area contributed by atoms with Crippen LogP contribution in [-0.2, 0) is 14.8 Å². The monoisotopic (exact) mass is 277 g/mol. The largest absolute Gasteiger partial charge is 0.325 e. The lowest BCUT2D eigenvalue weighted by Gasteiger charge is -2.34.